The normalized spacial score (nSPS) is 14.8. The fourth-order valence-corrected chi connectivity index (χ4v) is 9.39. The molecule has 1 aliphatic heterocycles. The molecular formula is C62H57N7O. The molecule has 0 unspecified atom stereocenters. The van der Waals surface area contributed by atoms with Crippen molar-refractivity contribution in [3.63, 3.8) is 0 Å². The molecule has 70 heavy (non-hydrogen) atoms. The molecule has 7 aromatic carbocycles. The summed E-state index contributed by atoms with van der Waals surface area (Å²) in [6.45, 7) is 18.0. The summed E-state index contributed by atoms with van der Waals surface area (Å²) < 4.78 is 99.0. The van der Waals surface area contributed by atoms with E-state index in [2.05, 4.69) is 69.2 Å². The molecule has 346 valence electrons. The average molecular weight is 926 g/mol. The van der Waals surface area contributed by atoms with Gasteiger partial charge in [0, 0.05) is 56.7 Å². The van der Waals surface area contributed by atoms with Crippen LogP contribution in [0.3, 0.4) is 0 Å². The monoisotopic (exact) mass is 926 g/mol. The van der Waals surface area contributed by atoms with Crippen molar-refractivity contribution in [2.45, 2.75) is 73.1 Å². The number of hydrogen-bond acceptors (Lipinski definition) is 7. The minimum Gasteiger partial charge on any atom is -0.456 e. The van der Waals surface area contributed by atoms with Gasteiger partial charge in [0.15, 0.2) is 5.82 Å². The summed E-state index contributed by atoms with van der Waals surface area (Å²) in [6, 6.07) is 28.4. The lowest BCUT2D eigenvalue weighted by atomic mass is 9.85. The van der Waals surface area contributed by atoms with E-state index in [0.717, 1.165) is 33.3 Å². The summed E-state index contributed by atoms with van der Waals surface area (Å²) in [5, 5.41) is 1.95. The van der Waals surface area contributed by atoms with Gasteiger partial charge >= 0.3 is 0 Å². The molecule has 0 saturated carbocycles. The lowest BCUT2D eigenvalue weighted by Crippen LogP contribution is -2.25. The fourth-order valence-electron chi connectivity index (χ4n) is 9.39. The Morgan fingerprint density at radius 2 is 1.16 bits per heavy atom. The van der Waals surface area contributed by atoms with E-state index in [-0.39, 0.29) is 28.9 Å². The van der Waals surface area contributed by atoms with Gasteiger partial charge in [-0.3, -0.25) is 4.57 Å². The second-order valence-electron chi connectivity index (χ2n) is 19.8. The van der Waals surface area contributed by atoms with Crippen LogP contribution in [0.5, 0.6) is 11.5 Å². The van der Waals surface area contributed by atoms with Gasteiger partial charge in [-0.15, -0.1) is 0 Å². The second kappa shape index (κ2) is 17.1. The first kappa shape index (κ1) is 34.2. The van der Waals surface area contributed by atoms with Gasteiger partial charge in [-0.2, -0.15) is 0 Å². The minimum absolute atomic E-state index is 0.0689. The number of hydrogen-bond donors (Lipinski definition) is 0. The molecule has 0 atom stereocenters. The number of fused-ring (bicyclic) bond motifs is 4. The zero-order valence-electron chi connectivity index (χ0n) is 50.6. The first-order valence-corrected chi connectivity index (χ1v) is 23.3. The third kappa shape index (κ3) is 7.74. The van der Waals surface area contributed by atoms with Crippen LogP contribution in [0, 0.1) is 20.8 Å². The summed E-state index contributed by atoms with van der Waals surface area (Å²) in [5.41, 5.74) is 6.22. The maximum Gasteiger partial charge on any atom is 0.167 e. The molecule has 11 rings (SSSR count). The van der Waals surface area contributed by atoms with E-state index in [0.29, 0.717) is 68.3 Å². The summed E-state index contributed by atoms with van der Waals surface area (Å²) in [6.07, 6.45) is 1.77. The Hall–Kier alpha value is -8.10. The Bertz CT molecular complexity index is 4040. The molecular weight excluding hydrogens is 859 g/mol. The predicted molar refractivity (Wildman–Crippen MR) is 288 cm³/mol. The van der Waals surface area contributed by atoms with Crippen molar-refractivity contribution in [2.75, 3.05) is 16.5 Å². The molecule has 0 bridgehead atoms. The summed E-state index contributed by atoms with van der Waals surface area (Å²) in [4.78, 5) is 24.1. The largest absolute Gasteiger partial charge is 0.456 e. The fraction of sp³-hybridized carbons (Fsp3) is 0.194. The molecule has 4 heterocycles. The number of para-hydroxylation sites is 3. The third-order valence-electron chi connectivity index (χ3n) is 13.1. The minimum atomic E-state index is -0.558. The number of pyridine rings is 1. The molecule has 0 saturated heterocycles. The van der Waals surface area contributed by atoms with Crippen molar-refractivity contribution in [1.82, 2.24) is 24.5 Å². The zero-order chi connectivity index (χ0) is 57.2. The van der Waals surface area contributed by atoms with Gasteiger partial charge in [0.25, 0.3) is 0 Å². The van der Waals surface area contributed by atoms with E-state index in [1.54, 1.807) is 6.20 Å². The van der Waals surface area contributed by atoms with E-state index in [1.807, 2.05) is 111 Å². The number of rotatable bonds is 8. The van der Waals surface area contributed by atoms with Crippen molar-refractivity contribution in [2.24, 2.45) is 0 Å². The molecule has 1 aliphatic rings. The molecule has 0 amide bonds. The van der Waals surface area contributed by atoms with Crippen molar-refractivity contribution >= 4 is 44.6 Å². The highest BCUT2D eigenvalue weighted by Gasteiger charge is 2.34. The molecule has 3 aromatic heterocycles. The molecule has 0 fully saturated rings. The first-order chi connectivity index (χ1) is 37.9. The maximum atomic E-state index is 9.34. The Balaban J connectivity index is 1.13. The Labute approximate surface area is 425 Å². The van der Waals surface area contributed by atoms with Crippen LogP contribution in [-0.2, 0) is 10.8 Å². The van der Waals surface area contributed by atoms with Crippen LogP contribution in [0.2, 0.25) is 0 Å². The van der Waals surface area contributed by atoms with Gasteiger partial charge in [-0.25, -0.2) is 19.9 Å². The smallest absolute Gasteiger partial charge is 0.167 e. The Morgan fingerprint density at radius 1 is 0.557 bits per heavy atom. The van der Waals surface area contributed by atoms with E-state index in [4.69, 9.17) is 32.9 Å². The van der Waals surface area contributed by atoms with E-state index >= 15 is 0 Å². The van der Waals surface area contributed by atoms with Gasteiger partial charge in [0.05, 0.1) is 47.4 Å². The van der Waals surface area contributed by atoms with Gasteiger partial charge in [-0.1, -0.05) is 144 Å². The molecule has 10 aromatic rings. The molecule has 0 N–H and O–H groups in total. The van der Waals surface area contributed by atoms with Crippen LogP contribution in [0.15, 0.2) is 170 Å². The molecule has 8 nitrogen and oxygen atoms in total. The number of anilines is 4. The molecule has 0 spiro atoms. The van der Waals surface area contributed by atoms with Crippen LogP contribution >= 0.6 is 0 Å². The van der Waals surface area contributed by atoms with Crippen LogP contribution in [0.4, 0.5) is 22.7 Å². The topological polar surface area (TPSA) is 72.2 Å². The Morgan fingerprint density at radius 3 is 1.77 bits per heavy atom. The van der Waals surface area contributed by atoms with Crippen LogP contribution < -0.4 is 14.5 Å². The second-order valence-corrected chi connectivity index (χ2v) is 19.8. The summed E-state index contributed by atoms with van der Waals surface area (Å²) in [7, 11) is 0. The molecule has 8 heteroatoms. The zero-order valence-corrected chi connectivity index (χ0v) is 40.6. The van der Waals surface area contributed by atoms with Gasteiger partial charge in [-0.05, 0) is 97.1 Å². The highest BCUT2D eigenvalue weighted by atomic mass is 16.5. The third-order valence-corrected chi connectivity index (χ3v) is 13.1. The number of nitrogens with zero attached hydrogens (tertiary/aromatic N) is 7. The lowest BCUT2D eigenvalue weighted by Gasteiger charge is -2.30. The highest BCUT2D eigenvalue weighted by molar-refractivity contribution is 6.11. The van der Waals surface area contributed by atoms with E-state index in [1.165, 1.54) is 0 Å². The lowest BCUT2D eigenvalue weighted by molar-refractivity contribution is 0.481. The standard InChI is InChI=1S/C62H57N7O/c1-39-40(2)55(42-23-12-10-13-24-42)57(56(41(39)3)43-25-14-11-15-26-43)68-38-67(50-31-18-19-32-51(50)68)44-27-22-28-45(35-44)70-53-37-52-47(46-29-16-17-30-49(46)69(52)54-33-20-21-34-63-54)36-48(53)58-64-59(61(4,5)6)66-60(65-58)62(7,8)9/h10-37H,38H2,1-9H3/i10D,11D,12D,13D,14D,15D,23D,24D,25D,26D. The Kier molecular flexibility index (Phi) is 8.38. The maximum absolute atomic E-state index is 9.34. The van der Waals surface area contributed by atoms with Gasteiger partial charge in [0.2, 0.25) is 0 Å². The number of aromatic nitrogens is 5. The number of ether oxygens (including phenoxy) is 1. The summed E-state index contributed by atoms with van der Waals surface area (Å²) >= 11 is 0. The van der Waals surface area contributed by atoms with Crippen LogP contribution in [-0.4, -0.2) is 31.2 Å². The van der Waals surface area contributed by atoms with Gasteiger partial charge < -0.3 is 14.5 Å². The summed E-state index contributed by atoms with van der Waals surface area (Å²) in [5.74, 6) is 3.40. The van der Waals surface area contributed by atoms with Crippen molar-refractivity contribution in [1.29, 1.82) is 0 Å². The van der Waals surface area contributed by atoms with Gasteiger partial charge in [0.1, 0.15) is 35.6 Å². The number of benzene rings is 7. The van der Waals surface area contributed by atoms with Crippen LogP contribution in [0.1, 0.15) is 83.6 Å². The van der Waals surface area contributed by atoms with Crippen molar-refractivity contribution < 1.29 is 18.4 Å². The SMILES string of the molecule is [2H]c1c([2H])c([2H])c(-c2c(C)c(C)c(C)c(-c3c([2H])c([2H])c([2H])c([2H])c3[2H])c2N2CN(c3cccc(Oc4cc5c(cc4-c4nc(C(C)(C)C)nc(C(C)(C)C)n4)c4ccccc4n5-c4ccccn4)c3)c3ccccc32)c([2H])c1[2H]. The quantitative estimate of drug-likeness (QED) is 0.150. The average Bonchev–Trinajstić information content (AvgIpc) is 3.98. The van der Waals surface area contributed by atoms with E-state index in [9.17, 15) is 5.48 Å². The first-order valence-electron chi connectivity index (χ1n) is 28.3. The predicted octanol–water partition coefficient (Wildman–Crippen LogP) is 15.9. The molecule has 0 radical (unpaired) electrons. The van der Waals surface area contributed by atoms with E-state index < -0.39 is 71.3 Å². The van der Waals surface area contributed by atoms with Crippen LogP contribution in [0.25, 0.3) is 61.3 Å². The molecule has 0 aliphatic carbocycles. The highest BCUT2D eigenvalue weighted by Crippen LogP contribution is 2.53. The van der Waals surface area contributed by atoms with Crippen molar-refractivity contribution in [3.05, 3.63) is 198 Å². The van der Waals surface area contributed by atoms with Crippen molar-refractivity contribution in [3.8, 4) is 51.0 Å².